The molecule has 2 aromatic carbocycles. The quantitative estimate of drug-likeness (QED) is 0.375. The van der Waals surface area contributed by atoms with E-state index in [1.54, 1.807) is 0 Å². The minimum absolute atomic E-state index is 0.150. The molecular formula is C16H12O11. The summed E-state index contributed by atoms with van der Waals surface area (Å²) in [5.74, 6) is -7.36. The van der Waals surface area contributed by atoms with Gasteiger partial charge in [0, 0.05) is 0 Å². The number of rotatable bonds is 4. The number of hydrogen-bond acceptors (Lipinski definition) is 7. The first-order valence-electron chi connectivity index (χ1n) is 6.77. The highest BCUT2D eigenvalue weighted by molar-refractivity contribution is 5.97. The van der Waals surface area contributed by atoms with E-state index in [0.29, 0.717) is 12.1 Å². The topological polar surface area (TPSA) is 210 Å². The summed E-state index contributed by atoms with van der Waals surface area (Å²) in [6.07, 6.45) is 0. The van der Waals surface area contributed by atoms with Gasteiger partial charge in [-0.1, -0.05) is 0 Å². The molecule has 0 bridgehead atoms. The maximum Gasteiger partial charge on any atom is 0.339 e. The molecule has 0 spiro atoms. The van der Waals surface area contributed by atoms with Gasteiger partial charge in [0.2, 0.25) is 0 Å². The first-order chi connectivity index (χ1) is 12.5. The van der Waals surface area contributed by atoms with Crippen LogP contribution in [-0.4, -0.2) is 59.6 Å². The average molecular weight is 380 g/mol. The van der Waals surface area contributed by atoms with Crippen LogP contribution in [0, 0.1) is 0 Å². The van der Waals surface area contributed by atoms with Crippen molar-refractivity contribution in [3.63, 3.8) is 0 Å². The number of aromatic carboxylic acids is 4. The molecule has 0 aliphatic heterocycles. The van der Waals surface area contributed by atoms with Crippen LogP contribution in [0.4, 0.5) is 0 Å². The van der Waals surface area contributed by atoms with Crippen LogP contribution in [-0.2, 0) is 0 Å². The Hall–Kier alpha value is -4.28. The van der Waals surface area contributed by atoms with Crippen molar-refractivity contribution < 1.29 is 54.9 Å². The molecule has 0 amide bonds. The van der Waals surface area contributed by atoms with Crippen molar-refractivity contribution in [2.45, 2.75) is 0 Å². The first-order valence-corrected chi connectivity index (χ1v) is 6.77. The third kappa shape index (κ3) is 5.09. The second kappa shape index (κ2) is 8.20. The molecular weight excluding hydrogens is 368 g/mol. The van der Waals surface area contributed by atoms with Crippen LogP contribution in [0.5, 0.6) is 17.2 Å². The van der Waals surface area contributed by atoms with Crippen LogP contribution < -0.4 is 0 Å². The molecule has 142 valence electrons. The normalized spacial score (nSPS) is 9.63. The molecule has 0 saturated heterocycles. The largest absolute Gasteiger partial charge is 0.507 e. The number of carboxylic acid groups (broad SMARTS) is 4. The van der Waals surface area contributed by atoms with Crippen molar-refractivity contribution in [3.05, 3.63) is 52.6 Å². The summed E-state index contributed by atoms with van der Waals surface area (Å²) in [6.45, 7) is 0. The Morgan fingerprint density at radius 1 is 0.519 bits per heavy atom. The fourth-order valence-corrected chi connectivity index (χ4v) is 1.76. The molecule has 0 aliphatic carbocycles. The maximum atomic E-state index is 10.4. The number of carboxylic acids is 4. The van der Waals surface area contributed by atoms with E-state index in [1.807, 2.05) is 0 Å². The van der Waals surface area contributed by atoms with Crippen LogP contribution in [0.15, 0.2) is 30.3 Å². The molecule has 0 fully saturated rings. The maximum absolute atomic E-state index is 10.4. The second-order valence-electron chi connectivity index (χ2n) is 4.84. The molecule has 0 atom stereocenters. The van der Waals surface area contributed by atoms with Gasteiger partial charge in [-0.05, 0) is 30.3 Å². The van der Waals surface area contributed by atoms with Gasteiger partial charge in [0.15, 0.2) is 0 Å². The fraction of sp³-hybridized carbons (Fsp3) is 0. The molecule has 2 rings (SSSR count). The predicted molar refractivity (Wildman–Crippen MR) is 85.7 cm³/mol. The van der Waals surface area contributed by atoms with Crippen LogP contribution in [0.3, 0.4) is 0 Å². The third-order valence-electron chi connectivity index (χ3n) is 3.05. The Morgan fingerprint density at radius 3 is 1.19 bits per heavy atom. The van der Waals surface area contributed by atoms with Crippen molar-refractivity contribution in [2.24, 2.45) is 0 Å². The first kappa shape index (κ1) is 20.8. The molecule has 11 nitrogen and oxygen atoms in total. The highest BCUT2D eigenvalue weighted by Gasteiger charge is 2.17. The number of benzene rings is 2. The Labute approximate surface area is 149 Å². The van der Waals surface area contributed by atoms with Gasteiger partial charge in [0.1, 0.15) is 33.9 Å². The number of carbonyl (C=O) groups is 4. The molecule has 0 aromatic heterocycles. The van der Waals surface area contributed by atoms with E-state index >= 15 is 0 Å². The third-order valence-corrected chi connectivity index (χ3v) is 3.05. The second-order valence-corrected chi connectivity index (χ2v) is 4.84. The Balaban J connectivity index is 0.000000271. The molecule has 7 N–H and O–H groups in total. The van der Waals surface area contributed by atoms with E-state index in [2.05, 4.69) is 0 Å². The fourth-order valence-electron chi connectivity index (χ4n) is 1.76. The summed E-state index contributed by atoms with van der Waals surface area (Å²) < 4.78 is 0. The van der Waals surface area contributed by atoms with Crippen molar-refractivity contribution >= 4 is 23.9 Å². The average Bonchev–Trinajstić information content (AvgIpc) is 2.56. The number of aromatic hydroxyl groups is 3. The van der Waals surface area contributed by atoms with E-state index in [-0.39, 0.29) is 11.1 Å². The van der Waals surface area contributed by atoms with Crippen LogP contribution in [0.25, 0.3) is 0 Å². The monoisotopic (exact) mass is 380 g/mol. The van der Waals surface area contributed by atoms with Gasteiger partial charge in [-0.25, -0.2) is 19.2 Å². The molecule has 0 unspecified atom stereocenters. The van der Waals surface area contributed by atoms with E-state index in [4.69, 9.17) is 35.7 Å². The molecule has 2 aromatic rings. The van der Waals surface area contributed by atoms with Crippen LogP contribution in [0.2, 0.25) is 0 Å². The summed E-state index contributed by atoms with van der Waals surface area (Å²) in [5, 5.41) is 61.2. The lowest BCUT2D eigenvalue weighted by Gasteiger charge is -2.03. The summed E-state index contributed by atoms with van der Waals surface area (Å²) >= 11 is 0. The zero-order valence-corrected chi connectivity index (χ0v) is 13.2. The summed E-state index contributed by atoms with van der Waals surface area (Å²) in [6, 6.07) is 4.42. The highest BCUT2D eigenvalue weighted by Crippen LogP contribution is 2.27. The smallest absolute Gasteiger partial charge is 0.339 e. The van der Waals surface area contributed by atoms with Gasteiger partial charge in [-0.15, -0.1) is 0 Å². The van der Waals surface area contributed by atoms with Gasteiger partial charge in [0.25, 0.3) is 0 Å². The van der Waals surface area contributed by atoms with Crippen LogP contribution in [0.1, 0.15) is 41.4 Å². The molecule has 0 saturated carbocycles. The van der Waals surface area contributed by atoms with Gasteiger partial charge in [0.05, 0.1) is 5.56 Å². The number of hydrogen-bond donors (Lipinski definition) is 7. The molecule has 27 heavy (non-hydrogen) atoms. The standard InChI is InChI=1S/C8H6O6.C8H6O5/c9-5-1-3(7(11)12)6(10)2-4(5)8(13)14;9-6-3-4(7(10)11)1-2-5(6)8(12)13/h1-2,9-10H,(H,11,12)(H,13,14);1-3,9H,(H,10,11)(H,12,13). The van der Waals surface area contributed by atoms with Gasteiger partial charge >= 0.3 is 23.9 Å². The van der Waals surface area contributed by atoms with Crippen molar-refractivity contribution in [3.8, 4) is 17.2 Å². The van der Waals surface area contributed by atoms with Gasteiger partial charge in [-0.3, -0.25) is 0 Å². The van der Waals surface area contributed by atoms with Crippen molar-refractivity contribution in [1.29, 1.82) is 0 Å². The molecule has 0 heterocycles. The van der Waals surface area contributed by atoms with Crippen LogP contribution >= 0.6 is 0 Å². The Bertz CT molecular complexity index is 890. The highest BCUT2D eigenvalue weighted by atomic mass is 16.4. The minimum Gasteiger partial charge on any atom is -0.507 e. The molecule has 0 aliphatic rings. The van der Waals surface area contributed by atoms with E-state index in [0.717, 1.165) is 18.2 Å². The lowest BCUT2D eigenvalue weighted by molar-refractivity contribution is 0.0675. The van der Waals surface area contributed by atoms with E-state index in [1.165, 1.54) is 0 Å². The van der Waals surface area contributed by atoms with Gasteiger partial charge in [-0.2, -0.15) is 0 Å². The SMILES string of the molecule is O=C(O)c1cc(O)c(C(=O)O)cc1O.O=C(O)c1ccc(C(=O)O)c(O)c1. The minimum atomic E-state index is -1.45. The van der Waals surface area contributed by atoms with E-state index in [9.17, 15) is 19.2 Å². The number of phenols is 3. The van der Waals surface area contributed by atoms with Gasteiger partial charge < -0.3 is 35.7 Å². The molecule has 0 radical (unpaired) electrons. The van der Waals surface area contributed by atoms with Crippen molar-refractivity contribution in [2.75, 3.05) is 0 Å². The molecule has 11 heteroatoms. The zero-order chi connectivity index (χ0) is 20.9. The Morgan fingerprint density at radius 2 is 0.889 bits per heavy atom. The lowest BCUT2D eigenvalue weighted by atomic mass is 10.1. The predicted octanol–water partition coefficient (Wildman–Crippen LogP) is 1.28. The summed E-state index contributed by atoms with van der Waals surface area (Å²) in [5.41, 5.74) is -1.56. The van der Waals surface area contributed by atoms with E-state index < -0.39 is 52.3 Å². The van der Waals surface area contributed by atoms with Crippen molar-refractivity contribution in [1.82, 2.24) is 0 Å². The summed E-state index contributed by atoms with van der Waals surface area (Å²) in [4.78, 5) is 41.6. The lowest BCUT2D eigenvalue weighted by Crippen LogP contribution is -2.01. The summed E-state index contributed by atoms with van der Waals surface area (Å²) in [7, 11) is 0. The Kier molecular flexibility index (Phi) is 6.31. The zero-order valence-electron chi connectivity index (χ0n) is 13.2.